The molecular formula is C20H20FN3O2S2. The predicted octanol–water partition coefficient (Wildman–Crippen LogP) is 4.14. The number of amides is 1. The van der Waals surface area contributed by atoms with Crippen molar-refractivity contribution in [2.24, 2.45) is 5.92 Å². The van der Waals surface area contributed by atoms with E-state index in [1.165, 1.54) is 35.2 Å². The third kappa shape index (κ3) is 3.98. The summed E-state index contributed by atoms with van der Waals surface area (Å²) in [7, 11) is 0. The molecule has 1 aliphatic heterocycles. The molecule has 0 atom stereocenters. The summed E-state index contributed by atoms with van der Waals surface area (Å²) >= 11 is 2.63. The summed E-state index contributed by atoms with van der Waals surface area (Å²) in [5, 5.41) is 2.80. The fourth-order valence-electron chi connectivity index (χ4n) is 3.32. The number of H-pyrrole nitrogens is 1. The Balaban J connectivity index is 1.51. The van der Waals surface area contributed by atoms with E-state index in [-0.39, 0.29) is 23.0 Å². The van der Waals surface area contributed by atoms with Gasteiger partial charge >= 0.3 is 0 Å². The molecule has 0 aliphatic carbocycles. The van der Waals surface area contributed by atoms with Crippen LogP contribution in [0.5, 0.6) is 0 Å². The quantitative estimate of drug-likeness (QED) is 0.512. The summed E-state index contributed by atoms with van der Waals surface area (Å²) in [6.07, 6.45) is 2.08. The van der Waals surface area contributed by atoms with Gasteiger partial charge in [0.2, 0.25) is 5.91 Å². The van der Waals surface area contributed by atoms with Gasteiger partial charge in [-0.15, -0.1) is 11.3 Å². The molecule has 28 heavy (non-hydrogen) atoms. The largest absolute Gasteiger partial charge is 0.342 e. The standard InChI is InChI=1S/C20H20FN3O2S2/c1-12-6-8-24(9-7-12)16(25)11-28-20-22-18(26)17-15(10-27-19(17)23-20)13-2-4-14(21)5-3-13/h2-5,10,12H,6-9,11H2,1H3,(H,22,23,26). The fraction of sp³-hybridized carbons (Fsp3) is 0.350. The third-order valence-electron chi connectivity index (χ3n) is 5.05. The summed E-state index contributed by atoms with van der Waals surface area (Å²) in [6, 6.07) is 6.05. The molecule has 4 rings (SSSR count). The Bertz CT molecular complexity index is 1050. The van der Waals surface area contributed by atoms with E-state index in [1.807, 2.05) is 10.3 Å². The van der Waals surface area contributed by atoms with Gasteiger partial charge in [0.25, 0.3) is 5.56 Å². The van der Waals surface area contributed by atoms with Gasteiger partial charge in [0.15, 0.2) is 5.16 Å². The van der Waals surface area contributed by atoms with Gasteiger partial charge in [0, 0.05) is 24.0 Å². The highest BCUT2D eigenvalue weighted by Crippen LogP contribution is 2.31. The Morgan fingerprint density at radius 3 is 2.75 bits per heavy atom. The first-order chi connectivity index (χ1) is 13.5. The molecule has 2 aromatic heterocycles. The Kier molecular flexibility index (Phi) is 5.50. The average Bonchev–Trinajstić information content (AvgIpc) is 3.12. The summed E-state index contributed by atoms with van der Waals surface area (Å²) in [5.41, 5.74) is 1.27. The molecule has 0 saturated carbocycles. The van der Waals surface area contributed by atoms with Crippen LogP contribution in [-0.2, 0) is 4.79 Å². The summed E-state index contributed by atoms with van der Waals surface area (Å²) < 4.78 is 13.2. The number of thiophene rings is 1. The van der Waals surface area contributed by atoms with E-state index in [9.17, 15) is 14.0 Å². The first-order valence-electron chi connectivity index (χ1n) is 9.19. The van der Waals surface area contributed by atoms with Crippen molar-refractivity contribution in [3.8, 4) is 11.1 Å². The average molecular weight is 418 g/mol. The zero-order valence-electron chi connectivity index (χ0n) is 15.4. The summed E-state index contributed by atoms with van der Waals surface area (Å²) in [5.74, 6) is 0.699. The molecule has 8 heteroatoms. The molecule has 3 heterocycles. The number of halogens is 1. The number of nitrogens with one attached hydrogen (secondary N) is 1. The smallest absolute Gasteiger partial charge is 0.260 e. The first kappa shape index (κ1) is 19.1. The van der Waals surface area contributed by atoms with Crippen LogP contribution < -0.4 is 5.56 Å². The summed E-state index contributed by atoms with van der Waals surface area (Å²) in [4.78, 5) is 34.8. The van der Waals surface area contributed by atoms with E-state index in [0.29, 0.717) is 21.3 Å². The fourth-order valence-corrected chi connectivity index (χ4v) is 5.09. The number of aromatic amines is 1. The van der Waals surface area contributed by atoms with E-state index in [2.05, 4.69) is 16.9 Å². The SMILES string of the molecule is CC1CCN(C(=O)CSc2nc3scc(-c4ccc(F)cc4)c3c(=O)[nH]2)CC1. The lowest BCUT2D eigenvalue weighted by atomic mass is 9.99. The van der Waals surface area contributed by atoms with Gasteiger partial charge in [0.1, 0.15) is 10.6 Å². The van der Waals surface area contributed by atoms with Crippen molar-refractivity contribution in [2.45, 2.75) is 24.9 Å². The van der Waals surface area contributed by atoms with E-state index < -0.39 is 0 Å². The highest BCUT2D eigenvalue weighted by Gasteiger charge is 2.21. The minimum absolute atomic E-state index is 0.0813. The Labute approximate surface area is 170 Å². The molecule has 1 fully saturated rings. The molecule has 1 aromatic carbocycles. The van der Waals surface area contributed by atoms with Gasteiger partial charge in [-0.05, 0) is 36.5 Å². The number of likely N-dealkylation sites (tertiary alicyclic amines) is 1. The Morgan fingerprint density at radius 2 is 2.04 bits per heavy atom. The number of rotatable bonds is 4. The van der Waals surface area contributed by atoms with Crippen molar-refractivity contribution in [3.05, 3.63) is 45.8 Å². The van der Waals surface area contributed by atoms with E-state index in [0.717, 1.165) is 37.1 Å². The maximum absolute atomic E-state index is 13.2. The van der Waals surface area contributed by atoms with Gasteiger partial charge in [-0.1, -0.05) is 30.8 Å². The number of aromatic nitrogens is 2. The van der Waals surface area contributed by atoms with Crippen LogP contribution in [0.1, 0.15) is 19.8 Å². The summed E-state index contributed by atoms with van der Waals surface area (Å²) in [6.45, 7) is 3.81. The molecule has 0 unspecified atom stereocenters. The highest BCUT2D eigenvalue weighted by atomic mass is 32.2. The third-order valence-corrected chi connectivity index (χ3v) is 6.78. The van der Waals surface area contributed by atoms with Crippen LogP contribution in [0.3, 0.4) is 0 Å². The molecule has 5 nitrogen and oxygen atoms in total. The van der Waals surface area contributed by atoms with Crippen molar-refractivity contribution >= 4 is 39.2 Å². The number of carbonyl (C=O) groups is 1. The predicted molar refractivity (Wildman–Crippen MR) is 111 cm³/mol. The Hall–Kier alpha value is -2.19. The van der Waals surface area contributed by atoms with Crippen molar-refractivity contribution in [3.63, 3.8) is 0 Å². The molecule has 1 saturated heterocycles. The molecule has 3 aromatic rings. The second kappa shape index (κ2) is 8.05. The monoisotopic (exact) mass is 417 g/mol. The van der Waals surface area contributed by atoms with Crippen LogP contribution in [0.2, 0.25) is 0 Å². The molecule has 146 valence electrons. The van der Waals surface area contributed by atoms with Crippen LogP contribution >= 0.6 is 23.1 Å². The number of fused-ring (bicyclic) bond motifs is 1. The van der Waals surface area contributed by atoms with Gasteiger partial charge in [-0.25, -0.2) is 9.37 Å². The zero-order chi connectivity index (χ0) is 19.7. The van der Waals surface area contributed by atoms with Crippen molar-refractivity contribution in [1.29, 1.82) is 0 Å². The highest BCUT2D eigenvalue weighted by molar-refractivity contribution is 7.99. The van der Waals surface area contributed by atoms with E-state index in [1.54, 1.807) is 12.1 Å². The number of hydrogen-bond acceptors (Lipinski definition) is 5. The minimum Gasteiger partial charge on any atom is -0.342 e. The molecule has 0 radical (unpaired) electrons. The van der Waals surface area contributed by atoms with Crippen molar-refractivity contribution in [2.75, 3.05) is 18.8 Å². The van der Waals surface area contributed by atoms with Crippen molar-refractivity contribution < 1.29 is 9.18 Å². The maximum Gasteiger partial charge on any atom is 0.260 e. The molecule has 1 aliphatic rings. The van der Waals surface area contributed by atoms with Crippen LogP contribution in [0, 0.1) is 11.7 Å². The molecule has 0 spiro atoms. The topological polar surface area (TPSA) is 66.1 Å². The number of thioether (sulfide) groups is 1. The molecule has 0 bridgehead atoms. The lowest BCUT2D eigenvalue weighted by molar-refractivity contribution is -0.129. The van der Waals surface area contributed by atoms with Crippen LogP contribution in [-0.4, -0.2) is 39.6 Å². The van der Waals surface area contributed by atoms with Gasteiger partial charge in [-0.3, -0.25) is 9.59 Å². The number of hydrogen-bond donors (Lipinski definition) is 1. The number of piperidine rings is 1. The van der Waals surface area contributed by atoms with Gasteiger partial charge < -0.3 is 9.88 Å². The second-order valence-corrected chi connectivity index (χ2v) is 8.88. The Morgan fingerprint density at radius 1 is 1.32 bits per heavy atom. The van der Waals surface area contributed by atoms with Crippen LogP contribution in [0.25, 0.3) is 21.3 Å². The number of carbonyl (C=O) groups excluding carboxylic acids is 1. The van der Waals surface area contributed by atoms with Crippen LogP contribution in [0.4, 0.5) is 4.39 Å². The van der Waals surface area contributed by atoms with Crippen LogP contribution in [0.15, 0.2) is 39.6 Å². The molecular weight excluding hydrogens is 397 g/mol. The first-order valence-corrected chi connectivity index (χ1v) is 11.1. The van der Waals surface area contributed by atoms with Gasteiger partial charge in [-0.2, -0.15) is 0 Å². The number of nitrogens with zero attached hydrogens (tertiary/aromatic N) is 2. The maximum atomic E-state index is 13.2. The van der Waals surface area contributed by atoms with E-state index in [4.69, 9.17) is 0 Å². The van der Waals surface area contributed by atoms with Crippen molar-refractivity contribution in [1.82, 2.24) is 14.9 Å². The molecule has 1 N–H and O–H groups in total. The van der Waals surface area contributed by atoms with E-state index >= 15 is 0 Å². The zero-order valence-corrected chi connectivity index (χ0v) is 17.0. The van der Waals surface area contributed by atoms with Gasteiger partial charge in [0.05, 0.1) is 11.1 Å². The second-order valence-electron chi connectivity index (χ2n) is 7.06. The number of benzene rings is 1. The molecule has 1 amide bonds. The minimum atomic E-state index is -0.318. The lowest BCUT2D eigenvalue weighted by Gasteiger charge is -2.30. The lowest BCUT2D eigenvalue weighted by Crippen LogP contribution is -2.38. The normalized spacial score (nSPS) is 15.3.